The molecule has 0 saturated carbocycles. The molecule has 9 heavy (non-hydrogen) atoms. The number of aromatic nitrogens is 3. The van der Waals surface area contributed by atoms with Crippen molar-refractivity contribution in [3.63, 3.8) is 0 Å². The lowest BCUT2D eigenvalue weighted by Gasteiger charge is -1.90. The van der Waals surface area contributed by atoms with E-state index in [1.54, 1.807) is 0 Å². The first-order valence-corrected chi connectivity index (χ1v) is 2.36. The summed E-state index contributed by atoms with van der Waals surface area (Å²) < 4.78 is 1.30. The lowest BCUT2D eigenvalue weighted by Crippen LogP contribution is -2.10. The van der Waals surface area contributed by atoms with E-state index in [9.17, 15) is 4.79 Å². The third kappa shape index (κ3) is 1.52. The molecule has 1 rings (SSSR count). The smallest absolute Gasteiger partial charge is 0.260 e. The Morgan fingerprint density at radius 1 is 1.78 bits per heavy atom. The van der Waals surface area contributed by atoms with Gasteiger partial charge in [0.25, 0.3) is 5.91 Å². The van der Waals surface area contributed by atoms with Gasteiger partial charge in [-0.2, -0.15) is 5.10 Å². The molecule has 0 unspecified atom stereocenters. The van der Waals surface area contributed by atoms with Gasteiger partial charge < -0.3 is 0 Å². The number of nitrogens with zero attached hydrogens (tertiary/aromatic N) is 3. The topological polar surface area (TPSA) is 71.6 Å². The van der Waals surface area contributed by atoms with Crippen LogP contribution in [0.3, 0.4) is 0 Å². The third-order valence-corrected chi connectivity index (χ3v) is 0.772. The van der Waals surface area contributed by atoms with E-state index in [1.807, 2.05) is 0 Å². The van der Waals surface area contributed by atoms with E-state index in [0.717, 1.165) is 0 Å². The van der Waals surface area contributed by atoms with Crippen LogP contribution in [0.4, 0.5) is 0 Å². The maximum absolute atomic E-state index is 10.1. The van der Waals surface area contributed by atoms with Gasteiger partial charge in [-0.25, -0.2) is 9.67 Å². The highest BCUT2D eigenvalue weighted by Gasteiger charge is 1.95. The number of hydrogen-bond acceptors (Lipinski definition) is 3. The van der Waals surface area contributed by atoms with Crippen LogP contribution in [0.5, 0.6) is 0 Å². The van der Waals surface area contributed by atoms with Gasteiger partial charge in [0.2, 0.25) is 0 Å². The van der Waals surface area contributed by atoms with Crippen molar-refractivity contribution in [2.75, 3.05) is 0 Å². The standard InChI is InChI=1S/C4H5N4O/c5-4(9)1-8-3-6-2-7-8/h2-3,5H,1H2. The quantitative estimate of drug-likeness (QED) is 0.513. The molecule has 0 saturated heterocycles. The first-order chi connectivity index (χ1) is 4.29. The molecule has 0 atom stereocenters. The summed E-state index contributed by atoms with van der Waals surface area (Å²) in [5, 5.41) is 3.62. The number of amides is 1. The molecule has 0 aliphatic heterocycles. The summed E-state index contributed by atoms with van der Waals surface area (Å²) in [6.45, 7) is -0.0139. The lowest BCUT2D eigenvalue weighted by molar-refractivity contribution is -0.119. The summed E-state index contributed by atoms with van der Waals surface area (Å²) in [5.41, 5.74) is 6.53. The van der Waals surface area contributed by atoms with Gasteiger partial charge in [-0.15, -0.1) is 0 Å². The van der Waals surface area contributed by atoms with Crippen molar-refractivity contribution >= 4 is 5.91 Å². The fraction of sp³-hybridized carbons (Fsp3) is 0.250. The van der Waals surface area contributed by atoms with E-state index in [-0.39, 0.29) is 6.54 Å². The molecule has 1 N–H and O–H groups in total. The van der Waals surface area contributed by atoms with E-state index in [2.05, 4.69) is 10.1 Å². The van der Waals surface area contributed by atoms with Crippen molar-refractivity contribution in [1.82, 2.24) is 20.5 Å². The minimum atomic E-state index is -0.666. The second-order valence-corrected chi connectivity index (χ2v) is 1.52. The fourth-order valence-corrected chi connectivity index (χ4v) is 0.462. The van der Waals surface area contributed by atoms with E-state index in [1.165, 1.54) is 17.3 Å². The molecule has 0 spiro atoms. The first-order valence-electron chi connectivity index (χ1n) is 2.36. The van der Waals surface area contributed by atoms with Crippen molar-refractivity contribution in [2.45, 2.75) is 6.54 Å². The molecule has 1 aromatic rings. The number of nitrogens with one attached hydrogen (secondary N) is 1. The highest BCUT2D eigenvalue weighted by molar-refractivity contribution is 5.72. The molecular formula is C4H5N4O. The zero-order chi connectivity index (χ0) is 6.69. The van der Waals surface area contributed by atoms with Crippen LogP contribution in [-0.4, -0.2) is 20.7 Å². The summed E-state index contributed by atoms with van der Waals surface area (Å²) in [4.78, 5) is 13.7. The van der Waals surface area contributed by atoms with Crippen LogP contribution < -0.4 is 5.73 Å². The molecule has 1 radical (unpaired) electrons. The molecule has 0 fully saturated rings. The van der Waals surface area contributed by atoms with Crippen molar-refractivity contribution < 1.29 is 4.79 Å². The van der Waals surface area contributed by atoms with Gasteiger partial charge in [0.05, 0.1) is 0 Å². The molecule has 0 aliphatic carbocycles. The van der Waals surface area contributed by atoms with Gasteiger partial charge in [0.1, 0.15) is 19.2 Å². The van der Waals surface area contributed by atoms with Gasteiger partial charge in [-0.1, -0.05) is 0 Å². The van der Waals surface area contributed by atoms with Crippen molar-refractivity contribution in [3.8, 4) is 0 Å². The highest BCUT2D eigenvalue weighted by atomic mass is 16.1. The molecule has 5 heteroatoms. The maximum Gasteiger partial charge on any atom is 0.260 e. The predicted molar refractivity (Wildman–Crippen MR) is 28.1 cm³/mol. The maximum atomic E-state index is 10.1. The summed E-state index contributed by atoms with van der Waals surface area (Å²) in [7, 11) is 0. The van der Waals surface area contributed by atoms with Gasteiger partial charge in [-0.3, -0.25) is 10.5 Å². The third-order valence-electron chi connectivity index (χ3n) is 0.772. The van der Waals surface area contributed by atoms with E-state index in [0.29, 0.717) is 0 Å². The van der Waals surface area contributed by atoms with E-state index >= 15 is 0 Å². The minimum absolute atomic E-state index is 0.0139. The Labute approximate surface area is 51.5 Å². The van der Waals surface area contributed by atoms with Crippen LogP contribution in [0.2, 0.25) is 0 Å². The van der Waals surface area contributed by atoms with E-state index < -0.39 is 5.91 Å². The highest BCUT2D eigenvalue weighted by Crippen LogP contribution is 1.77. The lowest BCUT2D eigenvalue weighted by atomic mass is 10.6. The number of carbonyl (C=O) groups excluding carboxylic acids is 1. The molecule has 47 valence electrons. The van der Waals surface area contributed by atoms with Crippen LogP contribution in [-0.2, 0) is 11.3 Å². The zero-order valence-electron chi connectivity index (χ0n) is 4.61. The van der Waals surface area contributed by atoms with Gasteiger partial charge >= 0.3 is 0 Å². The first kappa shape index (κ1) is 5.74. The number of hydrogen-bond donors (Lipinski definition) is 0. The van der Waals surface area contributed by atoms with Gasteiger partial charge in [-0.05, 0) is 0 Å². The van der Waals surface area contributed by atoms with Crippen LogP contribution in [0.15, 0.2) is 12.7 Å². The summed E-state index contributed by atoms with van der Waals surface area (Å²) >= 11 is 0. The van der Waals surface area contributed by atoms with Crippen LogP contribution in [0.25, 0.3) is 0 Å². The van der Waals surface area contributed by atoms with Gasteiger partial charge in [0, 0.05) is 0 Å². The second-order valence-electron chi connectivity index (χ2n) is 1.52. The average molecular weight is 125 g/mol. The monoisotopic (exact) mass is 125 g/mol. The van der Waals surface area contributed by atoms with Crippen LogP contribution >= 0.6 is 0 Å². The fourth-order valence-electron chi connectivity index (χ4n) is 0.462. The van der Waals surface area contributed by atoms with Crippen LogP contribution in [0.1, 0.15) is 0 Å². The Kier molecular flexibility index (Phi) is 1.44. The molecule has 0 aliphatic rings. The van der Waals surface area contributed by atoms with Crippen LogP contribution in [0, 0.1) is 0 Å². The largest absolute Gasteiger partial charge is 0.271 e. The Morgan fingerprint density at radius 2 is 2.56 bits per heavy atom. The second kappa shape index (κ2) is 2.25. The predicted octanol–water partition coefficient (Wildman–Crippen LogP) is -0.912. The zero-order valence-corrected chi connectivity index (χ0v) is 4.61. The average Bonchev–Trinajstić information content (AvgIpc) is 2.15. The molecule has 1 amide bonds. The summed E-state index contributed by atoms with van der Waals surface area (Å²) in [6, 6.07) is 0. The Hall–Kier alpha value is -1.39. The number of rotatable bonds is 2. The van der Waals surface area contributed by atoms with Crippen molar-refractivity contribution in [1.29, 1.82) is 0 Å². The Bertz CT molecular complexity index is 192. The van der Waals surface area contributed by atoms with E-state index in [4.69, 9.17) is 5.73 Å². The van der Waals surface area contributed by atoms with Crippen molar-refractivity contribution in [2.24, 2.45) is 0 Å². The molecule has 5 nitrogen and oxygen atoms in total. The molecular weight excluding hydrogens is 120 g/mol. The number of carbonyl (C=O) groups is 1. The molecule has 0 bridgehead atoms. The molecule has 1 heterocycles. The Morgan fingerprint density at radius 3 is 3.00 bits per heavy atom. The minimum Gasteiger partial charge on any atom is -0.271 e. The molecule has 1 aromatic heterocycles. The SMILES string of the molecule is [NH]C(=O)Cn1cncn1. The molecule has 0 aromatic carbocycles. The summed E-state index contributed by atoms with van der Waals surface area (Å²) in [6.07, 6.45) is 2.72. The van der Waals surface area contributed by atoms with Gasteiger partial charge in [0.15, 0.2) is 0 Å². The Balaban J connectivity index is 2.58. The van der Waals surface area contributed by atoms with Crippen molar-refractivity contribution in [3.05, 3.63) is 12.7 Å². The normalized spacial score (nSPS) is 9.33. The summed E-state index contributed by atoms with van der Waals surface area (Å²) in [5.74, 6) is -0.666.